The second-order valence-corrected chi connectivity index (χ2v) is 5.31. The third-order valence-electron chi connectivity index (χ3n) is 3.60. The molecule has 1 saturated carbocycles. The summed E-state index contributed by atoms with van der Waals surface area (Å²) in [5, 5.41) is 3.45. The third-order valence-corrected chi connectivity index (χ3v) is 3.60. The van der Waals surface area contributed by atoms with Crippen LogP contribution in [0.15, 0.2) is 18.2 Å². The fourth-order valence-electron chi connectivity index (χ4n) is 2.55. The Morgan fingerprint density at radius 3 is 3.06 bits per heavy atom. The molecule has 1 aliphatic heterocycles. The highest BCUT2D eigenvalue weighted by Gasteiger charge is 2.22. The Balaban J connectivity index is 1.64. The summed E-state index contributed by atoms with van der Waals surface area (Å²) in [7, 11) is 2.24. The van der Waals surface area contributed by atoms with Crippen molar-refractivity contribution >= 4 is 5.69 Å². The minimum atomic E-state index is 0.984. The Bertz CT molecular complexity index is 382. The summed E-state index contributed by atoms with van der Waals surface area (Å²) in [6.45, 7) is 3.46. The minimum absolute atomic E-state index is 0.984. The second-order valence-electron chi connectivity index (χ2n) is 5.31. The first kappa shape index (κ1) is 10.2. The van der Waals surface area contributed by atoms with Crippen LogP contribution in [0, 0.1) is 5.92 Å². The summed E-state index contributed by atoms with van der Waals surface area (Å²) >= 11 is 0. The third kappa shape index (κ3) is 2.22. The molecule has 0 saturated heterocycles. The lowest BCUT2D eigenvalue weighted by atomic mass is 10.1. The van der Waals surface area contributed by atoms with Gasteiger partial charge >= 0.3 is 0 Å². The zero-order valence-electron chi connectivity index (χ0n) is 10.00. The van der Waals surface area contributed by atoms with Crippen molar-refractivity contribution in [2.24, 2.45) is 5.92 Å². The molecule has 2 aliphatic rings. The highest BCUT2D eigenvalue weighted by molar-refractivity contribution is 5.56. The molecule has 0 amide bonds. The van der Waals surface area contributed by atoms with Crippen molar-refractivity contribution in [2.45, 2.75) is 25.8 Å². The van der Waals surface area contributed by atoms with Gasteiger partial charge in [-0.05, 0) is 49.4 Å². The van der Waals surface area contributed by atoms with Crippen LogP contribution in [0.2, 0.25) is 0 Å². The highest BCUT2D eigenvalue weighted by Crippen LogP contribution is 2.30. The Hall–Kier alpha value is -1.02. The van der Waals surface area contributed by atoms with Crippen molar-refractivity contribution in [1.82, 2.24) is 4.90 Å². The number of fused-ring (bicyclic) bond motifs is 1. The first-order valence-corrected chi connectivity index (χ1v) is 6.35. The summed E-state index contributed by atoms with van der Waals surface area (Å²) in [5.74, 6) is 0.984. The van der Waals surface area contributed by atoms with E-state index in [4.69, 9.17) is 0 Å². The topological polar surface area (TPSA) is 15.3 Å². The van der Waals surface area contributed by atoms with Crippen molar-refractivity contribution in [1.29, 1.82) is 0 Å². The molecule has 0 aromatic heterocycles. The number of anilines is 1. The van der Waals surface area contributed by atoms with E-state index in [9.17, 15) is 0 Å². The van der Waals surface area contributed by atoms with Gasteiger partial charge in [-0.1, -0.05) is 12.1 Å². The van der Waals surface area contributed by atoms with E-state index in [1.54, 1.807) is 0 Å². The van der Waals surface area contributed by atoms with Crippen molar-refractivity contribution < 1.29 is 0 Å². The molecule has 0 atom stereocenters. The van der Waals surface area contributed by atoms with Gasteiger partial charge in [0.25, 0.3) is 0 Å². The van der Waals surface area contributed by atoms with E-state index >= 15 is 0 Å². The van der Waals surface area contributed by atoms with E-state index in [-0.39, 0.29) is 0 Å². The number of rotatable bonds is 4. The minimum Gasteiger partial charge on any atom is -0.384 e. The zero-order chi connectivity index (χ0) is 11.0. The van der Waals surface area contributed by atoms with Gasteiger partial charge in [-0.2, -0.15) is 0 Å². The monoisotopic (exact) mass is 216 g/mol. The van der Waals surface area contributed by atoms with Crippen LogP contribution in [0.4, 0.5) is 5.69 Å². The maximum atomic E-state index is 3.45. The van der Waals surface area contributed by atoms with Crippen LogP contribution in [-0.4, -0.2) is 25.0 Å². The van der Waals surface area contributed by atoms with Gasteiger partial charge in [0.1, 0.15) is 0 Å². The SMILES string of the molecule is CN(Cc1ccc2c(c1)NCC2)CC1CC1. The summed E-state index contributed by atoms with van der Waals surface area (Å²) in [4.78, 5) is 2.45. The predicted molar refractivity (Wildman–Crippen MR) is 67.7 cm³/mol. The molecule has 0 bridgehead atoms. The quantitative estimate of drug-likeness (QED) is 0.832. The van der Waals surface area contributed by atoms with Gasteiger partial charge in [-0.25, -0.2) is 0 Å². The zero-order valence-corrected chi connectivity index (χ0v) is 10.00. The maximum absolute atomic E-state index is 3.45. The van der Waals surface area contributed by atoms with E-state index in [0.29, 0.717) is 0 Å². The Morgan fingerprint density at radius 1 is 1.38 bits per heavy atom. The number of hydrogen-bond donors (Lipinski definition) is 1. The van der Waals surface area contributed by atoms with Crippen LogP contribution in [-0.2, 0) is 13.0 Å². The van der Waals surface area contributed by atoms with E-state index < -0.39 is 0 Å². The van der Waals surface area contributed by atoms with E-state index in [0.717, 1.165) is 19.0 Å². The molecule has 1 fully saturated rings. The highest BCUT2D eigenvalue weighted by atomic mass is 15.1. The van der Waals surface area contributed by atoms with Gasteiger partial charge in [0.15, 0.2) is 0 Å². The largest absolute Gasteiger partial charge is 0.384 e. The van der Waals surface area contributed by atoms with Crippen molar-refractivity contribution in [3.63, 3.8) is 0 Å². The molecule has 2 heteroatoms. The first-order valence-electron chi connectivity index (χ1n) is 6.35. The standard InChI is InChI=1S/C14H20N2/c1-16(9-11-2-3-11)10-12-4-5-13-6-7-15-14(13)8-12/h4-5,8,11,15H,2-3,6-7,9-10H2,1H3. The van der Waals surface area contributed by atoms with Crippen LogP contribution >= 0.6 is 0 Å². The van der Waals surface area contributed by atoms with Gasteiger partial charge in [0.05, 0.1) is 0 Å². The molecule has 1 heterocycles. The first-order chi connectivity index (χ1) is 7.81. The van der Waals surface area contributed by atoms with Crippen LogP contribution < -0.4 is 5.32 Å². The summed E-state index contributed by atoms with van der Waals surface area (Å²) in [5.41, 5.74) is 4.28. The summed E-state index contributed by atoms with van der Waals surface area (Å²) < 4.78 is 0. The molecule has 1 N–H and O–H groups in total. The fourth-order valence-corrected chi connectivity index (χ4v) is 2.55. The lowest BCUT2D eigenvalue weighted by molar-refractivity contribution is 0.313. The van der Waals surface area contributed by atoms with Gasteiger partial charge in [-0.3, -0.25) is 0 Å². The molecular weight excluding hydrogens is 196 g/mol. The molecule has 1 aromatic rings. The molecule has 0 unspecified atom stereocenters. The molecule has 1 aliphatic carbocycles. The molecule has 1 aromatic carbocycles. The summed E-state index contributed by atoms with van der Waals surface area (Å²) in [6, 6.07) is 6.90. The van der Waals surface area contributed by atoms with Crippen LogP contribution in [0.5, 0.6) is 0 Å². The van der Waals surface area contributed by atoms with E-state index in [2.05, 4.69) is 35.5 Å². The molecule has 86 valence electrons. The average Bonchev–Trinajstić information content (AvgIpc) is 2.95. The average molecular weight is 216 g/mol. The molecular formula is C14H20N2. The van der Waals surface area contributed by atoms with E-state index in [1.807, 2.05) is 0 Å². The van der Waals surface area contributed by atoms with Gasteiger partial charge in [-0.15, -0.1) is 0 Å². The van der Waals surface area contributed by atoms with Crippen LogP contribution in [0.25, 0.3) is 0 Å². The van der Waals surface area contributed by atoms with Crippen LogP contribution in [0.3, 0.4) is 0 Å². The number of hydrogen-bond acceptors (Lipinski definition) is 2. The Labute approximate surface area is 97.6 Å². The second kappa shape index (κ2) is 4.10. The molecule has 0 radical (unpaired) electrons. The smallest absolute Gasteiger partial charge is 0.0376 e. The molecule has 16 heavy (non-hydrogen) atoms. The normalized spacial score (nSPS) is 18.6. The van der Waals surface area contributed by atoms with E-state index in [1.165, 1.54) is 42.6 Å². The number of nitrogens with zero attached hydrogens (tertiary/aromatic N) is 1. The number of nitrogens with one attached hydrogen (secondary N) is 1. The lowest BCUT2D eigenvalue weighted by Crippen LogP contribution is -2.20. The van der Waals surface area contributed by atoms with Gasteiger partial charge in [0, 0.05) is 25.3 Å². The van der Waals surface area contributed by atoms with Crippen molar-refractivity contribution in [3.8, 4) is 0 Å². The fraction of sp³-hybridized carbons (Fsp3) is 0.571. The van der Waals surface area contributed by atoms with Gasteiger partial charge in [0.2, 0.25) is 0 Å². The maximum Gasteiger partial charge on any atom is 0.0376 e. The van der Waals surface area contributed by atoms with Crippen molar-refractivity contribution in [3.05, 3.63) is 29.3 Å². The van der Waals surface area contributed by atoms with Crippen molar-refractivity contribution in [2.75, 3.05) is 25.5 Å². The van der Waals surface area contributed by atoms with Gasteiger partial charge < -0.3 is 10.2 Å². The number of benzene rings is 1. The molecule has 0 spiro atoms. The molecule has 2 nitrogen and oxygen atoms in total. The Morgan fingerprint density at radius 2 is 2.25 bits per heavy atom. The lowest BCUT2D eigenvalue weighted by Gasteiger charge is -2.16. The predicted octanol–water partition coefficient (Wildman–Crippen LogP) is 2.50. The Kier molecular flexibility index (Phi) is 2.60. The summed E-state index contributed by atoms with van der Waals surface area (Å²) in [6.07, 6.45) is 4.07. The molecule has 3 rings (SSSR count). The van der Waals surface area contributed by atoms with Crippen LogP contribution in [0.1, 0.15) is 24.0 Å².